The minimum atomic E-state index is -0.418. The molecule has 1 heterocycles. The van der Waals surface area contributed by atoms with Crippen LogP contribution in [0, 0.1) is 19.8 Å². The summed E-state index contributed by atoms with van der Waals surface area (Å²) < 4.78 is 13.9. The first-order valence-electron chi connectivity index (χ1n) is 6.94. The average molecular weight is 277 g/mol. The van der Waals surface area contributed by atoms with Crippen LogP contribution in [0.2, 0.25) is 0 Å². The molecule has 104 valence electrons. The van der Waals surface area contributed by atoms with Crippen LogP contribution < -0.4 is 0 Å². The summed E-state index contributed by atoms with van der Waals surface area (Å²) in [5.74, 6) is -0.418. The lowest BCUT2D eigenvalue weighted by Gasteiger charge is -2.06. The van der Waals surface area contributed by atoms with Crippen LogP contribution in [-0.4, -0.2) is 4.98 Å². The summed E-state index contributed by atoms with van der Waals surface area (Å²) in [6.07, 6.45) is 0. The van der Waals surface area contributed by atoms with E-state index in [0.717, 1.165) is 16.7 Å². The highest BCUT2D eigenvalue weighted by Crippen LogP contribution is 2.26. The van der Waals surface area contributed by atoms with Gasteiger partial charge in [-0.25, -0.2) is 4.98 Å². The van der Waals surface area contributed by atoms with Crippen molar-refractivity contribution in [1.29, 1.82) is 0 Å². The third-order valence-corrected chi connectivity index (χ3v) is 3.57. The molecule has 2 heteroatoms. The van der Waals surface area contributed by atoms with Gasteiger partial charge in [0.2, 0.25) is 5.95 Å². The molecule has 0 saturated carbocycles. The summed E-state index contributed by atoms with van der Waals surface area (Å²) in [5.41, 5.74) is 5.59. The number of hydrogen-bond acceptors (Lipinski definition) is 1. The average Bonchev–Trinajstić information content (AvgIpc) is 2.48. The number of rotatable bonds is 2. The SMILES string of the molecule is Cc1ccc(-c2ccc(-c3ccc(C)nc3F)cc2)cc1. The summed E-state index contributed by atoms with van der Waals surface area (Å²) in [7, 11) is 0. The highest BCUT2D eigenvalue weighted by atomic mass is 19.1. The number of aromatic nitrogens is 1. The zero-order valence-electron chi connectivity index (χ0n) is 12.1. The van der Waals surface area contributed by atoms with Crippen molar-refractivity contribution in [2.45, 2.75) is 13.8 Å². The predicted molar refractivity (Wildman–Crippen MR) is 84.5 cm³/mol. The van der Waals surface area contributed by atoms with Gasteiger partial charge in [0.25, 0.3) is 0 Å². The maximum Gasteiger partial charge on any atom is 0.220 e. The zero-order valence-corrected chi connectivity index (χ0v) is 12.1. The van der Waals surface area contributed by atoms with E-state index in [1.807, 2.05) is 30.3 Å². The molecule has 0 aliphatic heterocycles. The van der Waals surface area contributed by atoms with Gasteiger partial charge in [-0.05, 0) is 42.7 Å². The van der Waals surface area contributed by atoms with E-state index in [1.54, 1.807) is 13.0 Å². The molecule has 0 bridgehead atoms. The fraction of sp³-hybridized carbons (Fsp3) is 0.105. The summed E-state index contributed by atoms with van der Waals surface area (Å²) >= 11 is 0. The van der Waals surface area contributed by atoms with Gasteiger partial charge in [-0.1, -0.05) is 54.1 Å². The third kappa shape index (κ3) is 2.84. The van der Waals surface area contributed by atoms with Crippen molar-refractivity contribution < 1.29 is 4.39 Å². The van der Waals surface area contributed by atoms with Crippen molar-refractivity contribution in [3.8, 4) is 22.3 Å². The van der Waals surface area contributed by atoms with E-state index < -0.39 is 5.95 Å². The maximum atomic E-state index is 13.9. The van der Waals surface area contributed by atoms with Gasteiger partial charge in [-0.2, -0.15) is 4.39 Å². The number of nitrogens with zero attached hydrogens (tertiary/aromatic N) is 1. The van der Waals surface area contributed by atoms with Crippen molar-refractivity contribution in [1.82, 2.24) is 4.98 Å². The van der Waals surface area contributed by atoms with Gasteiger partial charge in [-0.3, -0.25) is 0 Å². The quantitative estimate of drug-likeness (QED) is 0.589. The van der Waals surface area contributed by atoms with Gasteiger partial charge in [0.15, 0.2) is 0 Å². The third-order valence-electron chi connectivity index (χ3n) is 3.57. The van der Waals surface area contributed by atoms with Gasteiger partial charge in [-0.15, -0.1) is 0 Å². The van der Waals surface area contributed by atoms with Crippen LogP contribution in [0.15, 0.2) is 60.7 Å². The van der Waals surface area contributed by atoms with Crippen molar-refractivity contribution in [2.75, 3.05) is 0 Å². The molecule has 3 aromatic rings. The standard InChI is InChI=1S/C19H16FN/c1-13-3-6-15(7-4-13)16-8-10-17(11-9-16)18-12-5-14(2)21-19(18)20/h3-12H,1-2H3. The van der Waals surface area contributed by atoms with Gasteiger partial charge in [0.05, 0.1) is 0 Å². The molecule has 0 aliphatic rings. The molecule has 3 rings (SSSR count). The topological polar surface area (TPSA) is 12.9 Å². The van der Waals surface area contributed by atoms with Gasteiger partial charge >= 0.3 is 0 Å². The van der Waals surface area contributed by atoms with Crippen LogP contribution in [-0.2, 0) is 0 Å². The second kappa shape index (κ2) is 5.49. The summed E-state index contributed by atoms with van der Waals surface area (Å²) in [6.45, 7) is 3.85. The van der Waals surface area contributed by atoms with Crippen LogP contribution in [0.1, 0.15) is 11.3 Å². The minimum Gasteiger partial charge on any atom is -0.225 e. The first kappa shape index (κ1) is 13.5. The first-order valence-corrected chi connectivity index (χ1v) is 6.94. The molecule has 21 heavy (non-hydrogen) atoms. The zero-order chi connectivity index (χ0) is 14.8. The Labute approximate surface area is 124 Å². The number of hydrogen-bond donors (Lipinski definition) is 0. The van der Waals surface area contributed by atoms with E-state index in [0.29, 0.717) is 11.3 Å². The second-order valence-electron chi connectivity index (χ2n) is 5.23. The fourth-order valence-corrected chi connectivity index (χ4v) is 2.33. The lowest BCUT2D eigenvalue weighted by Crippen LogP contribution is -1.91. The molecule has 0 aliphatic carbocycles. The van der Waals surface area contributed by atoms with E-state index in [4.69, 9.17) is 0 Å². The van der Waals surface area contributed by atoms with E-state index >= 15 is 0 Å². The number of halogens is 1. The lowest BCUT2D eigenvalue weighted by molar-refractivity contribution is 0.584. The Hall–Kier alpha value is -2.48. The molecular formula is C19H16FN. The van der Waals surface area contributed by atoms with Crippen LogP contribution >= 0.6 is 0 Å². The van der Waals surface area contributed by atoms with Crippen LogP contribution in [0.4, 0.5) is 4.39 Å². The Kier molecular flexibility index (Phi) is 3.53. The van der Waals surface area contributed by atoms with Crippen molar-refractivity contribution in [3.05, 3.63) is 77.9 Å². The predicted octanol–water partition coefficient (Wildman–Crippen LogP) is 5.17. The Morgan fingerprint density at radius 2 is 1.19 bits per heavy atom. The van der Waals surface area contributed by atoms with Gasteiger partial charge in [0.1, 0.15) is 0 Å². The Morgan fingerprint density at radius 3 is 1.76 bits per heavy atom. The van der Waals surface area contributed by atoms with Crippen LogP contribution in [0.5, 0.6) is 0 Å². The van der Waals surface area contributed by atoms with E-state index in [-0.39, 0.29) is 0 Å². The molecule has 0 amide bonds. The lowest BCUT2D eigenvalue weighted by atomic mass is 10.0. The van der Waals surface area contributed by atoms with Crippen LogP contribution in [0.3, 0.4) is 0 Å². The van der Waals surface area contributed by atoms with Gasteiger partial charge in [0, 0.05) is 11.3 Å². The number of benzene rings is 2. The normalized spacial score (nSPS) is 10.6. The molecule has 1 aromatic heterocycles. The molecule has 0 unspecified atom stereocenters. The molecule has 2 aromatic carbocycles. The molecule has 0 saturated heterocycles. The monoisotopic (exact) mass is 277 g/mol. The maximum absolute atomic E-state index is 13.9. The largest absolute Gasteiger partial charge is 0.225 e. The minimum absolute atomic E-state index is 0.418. The number of aryl methyl sites for hydroxylation is 2. The molecule has 0 N–H and O–H groups in total. The molecule has 0 atom stereocenters. The Balaban J connectivity index is 1.95. The molecule has 0 fully saturated rings. The first-order chi connectivity index (χ1) is 10.1. The van der Waals surface area contributed by atoms with Crippen molar-refractivity contribution >= 4 is 0 Å². The molecule has 0 spiro atoms. The van der Waals surface area contributed by atoms with Gasteiger partial charge < -0.3 is 0 Å². The summed E-state index contributed by atoms with van der Waals surface area (Å²) in [5, 5.41) is 0. The Morgan fingerprint density at radius 1 is 0.667 bits per heavy atom. The van der Waals surface area contributed by atoms with Crippen molar-refractivity contribution in [3.63, 3.8) is 0 Å². The summed E-state index contributed by atoms with van der Waals surface area (Å²) in [4.78, 5) is 3.87. The molecule has 1 nitrogen and oxygen atoms in total. The van der Waals surface area contributed by atoms with E-state index in [2.05, 4.69) is 36.2 Å². The fourth-order valence-electron chi connectivity index (χ4n) is 2.33. The number of pyridine rings is 1. The molecule has 0 radical (unpaired) electrons. The molecular weight excluding hydrogens is 261 g/mol. The van der Waals surface area contributed by atoms with E-state index in [9.17, 15) is 4.39 Å². The Bertz CT molecular complexity index is 759. The highest BCUT2D eigenvalue weighted by Gasteiger charge is 2.07. The van der Waals surface area contributed by atoms with Crippen molar-refractivity contribution in [2.24, 2.45) is 0 Å². The summed E-state index contributed by atoms with van der Waals surface area (Å²) in [6, 6.07) is 19.9. The van der Waals surface area contributed by atoms with E-state index in [1.165, 1.54) is 5.56 Å². The smallest absolute Gasteiger partial charge is 0.220 e. The highest BCUT2D eigenvalue weighted by molar-refractivity contribution is 5.70. The second-order valence-corrected chi connectivity index (χ2v) is 5.23. The van der Waals surface area contributed by atoms with Crippen LogP contribution in [0.25, 0.3) is 22.3 Å².